The van der Waals surface area contributed by atoms with Crippen molar-refractivity contribution in [2.75, 3.05) is 0 Å². The van der Waals surface area contributed by atoms with Crippen LogP contribution in [0.25, 0.3) is 0 Å². The number of hydrogen-bond donors (Lipinski definition) is 1. The van der Waals surface area contributed by atoms with E-state index in [1.54, 1.807) is 17.0 Å². The van der Waals surface area contributed by atoms with Crippen LogP contribution in [0.2, 0.25) is 10.0 Å². The molecule has 0 aliphatic rings. The second-order valence-electron chi connectivity index (χ2n) is 8.04. The van der Waals surface area contributed by atoms with E-state index in [4.69, 9.17) is 23.2 Å². The Morgan fingerprint density at radius 3 is 1.97 bits per heavy atom. The zero-order valence-corrected chi connectivity index (χ0v) is 18.8. The maximum atomic E-state index is 13.3. The molecule has 0 heterocycles. The first-order valence-corrected chi connectivity index (χ1v) is 10.5. The molecule has 6 heteroatoms. The molecule has 0 aromatic heterocycles. The van der Waals surface area contributed by atoms with Gasteiger partial charge in [-0.3, -0.25) is 9.59 Å². The molecular weight excluding hydrogens is 407 g/mol. The maximum absolute atomic E-state index is 13.3. The van der Waals surface area contributed by atoms with Crippen LogP contribution in [-0.2, 0) is 22.6 Å². The van der Waals surface area contributed by atoms with Crippen LogP contribution < -0.4 is 5.32 Å². The van der Waals surface area contributed by atoms with Crippen molar-refractivity contribution in [2.24, 2.45) is 0 Å². The van der Waals surface area contributed by atoms with Gasteiger partial charge in [0.2, 0.25) is 11.8 Å². The molecule has 0 saturated carbocycles. The summed E-state index contributed by atoms with van der Waals surface area (Å²) >= 11 is 12.6. The lowest BCUT2D eigenvalue weighted by atomic mass is 10.0. The van der Waals surface area contributed by atoms with Crippen LogP contribution in [0.1, 0.15) is 45.2 Å². The number of nitrogens with zero attached hydrogens (tertiary/aromatic N) is 1. The smallest absolute Gasteiger partial charge is 0.243 e. The van der Waals surface area contributed by atoms with E-state index in [0.29, 0.717) is 16.5 Å². The molecule has 0 bridgehead atoms. The normalized spacial score (nSPS) is 12.3. The highest BCUT2D eigenvalue weighted by atomic mass is 35.5. The third-order valence-electron chi connectivity index (χ3n) is 4.48. The Kier molecular flexibility index (Phi) is 8.12. The highest BCUT2D eigenvalue weighted by molar-refractivity contribution is 6.31. The van der Waals surface area contributed by atoms with Crippen molar-refractivity contribution >= 4 is 35.0 Å². The highest BCUT2D eigenvalue weighted by Gasteiger charge is 2.31. The number of hydrogen-bond acceptors (Lipinski definition) is 2. The molecule has 0 saturated heterocycles. The summed E-state index contributed by atoms with van der Waals surface area (Å²) in [5.41, 5.74) is 1.13. The fourth-order valence-electron chi connectivity index (χ4n) is 3.09. The van der Waals surface area contributed by atoms with Gasteiger partial charge in [-0.1, -0.05) is 66.5 Å². The van der Waals surface area contributed by atoms with Crippen molar-refractivity contribution < 1.29 is 9.59 Å². The van der Waals surface area contributed by atoms with Gasteiger partial charge in [-0.15, -0.1) is 0 Å². The summed E-state index contributed by atoms with van der Waals surface area (Å²) in [7, 11) is 0. The Morgan fingerprint density at radius 1 is 0.966 bits per heavy atom. The number of carbonyl (C=O) groups is 2. The fourth-order valence-corrected chi connectivity index (χ4v) is 3.49. The van der Waals surface area contributed by atoms with Gasteiger partial charge in [0.05, 0.1) is 6.42 Å². The van der Waals surface area contributed by atoms with E-state index in [1.165, 1.54) is 0 Å². The number of rotatable bonds is 7. The van der Waals surface area contributed by atoms with Crippen molar-refractivity contribution in [1.29, 1.82) is 0 Å². The minimum atomic E-state index is -0.611. The quantitative estimate of drug-likeness (QED) is 0.645. The summed E-state index contributed by atoms with van der Waals surface area (Å²) in [4.78, 5) is 27.9. The van der Waals surface area contributed by atoms with E-state index in [2.05, 4.69) is 5.32 Å². The van der Waals surface area contributed by atoms with Crippen LogP contribution in [0, 0.1) is 0 Å². The molecular formula is C23H28Cl2N2O2. The van der Waals surface area contributed by atoms with E-state index in [9.17, 15) is 9.59 Å². The third-order valence-corrected chi connectivity index (χ3v) is 5.22. The molecule has 1 unspecified atom stereocenters. The van der Waals surface area contributed by atoms with Gasteiger partial charge in [0.15, 0.2) is 0 Å². The SMILES string of the molecule is CCC(C(=O)NC(C)(C)C)N(Cc1ccccc1Cl)C(=O)Cc1ccccc1Cl. The zero-order valence-electron chi connectivity index (χ0n) is 17.3. The predicted octanol–water partition coefficient (Wildman–Crippen LogP) is 5.26. The lowest BCUT2D eigenvalue weighted by Crippen LogP contribution is -2.53. The minimum absolute atomic E-state index is 0.115. The minimum Gasteiger partial charge on any atom is -0.350 e. The second kappa shape index (κ2) is 10.1. The number of halogens is 2. The molecule has 1 atom stereocenters. The van der Waals surface area contributed by atoms with Crippen LogP contribution in [-0.4, -0.2) is 28.3 Å². The van der Waals surface area contributed by atoms with E-state index in [-0.39, 0.29) is 24.8 Å². The third kappa shape index (κ3) is 6.76. The molecule has 0 radical (unpaired) electrons. The van der Waals surface area contributed by atoms with Gasteiger partial charge in [0.1, 0.15) is 6.04 Å². The van der Waals surface area contributed by atoms with Gasteiger partial charge >= 0.3 is 0 Å². The molecule has 1 N–H and O–H groups in total. The van der Waals surface area contributed by atoms with Gasteiger partial charge in [-0.25, -0.2) is 0 Å². The fraction of sp³-hybridized carbons (Fsp3) is 0.391. The van der Waals surface area contributed by atoms with Crippen molar-refractivity contribution in [3.05, 3.63) is 69.7 Å². The first kappa shape index (κ1) is 23.2. The molecule has 2 aromatic rings. The zero-order chi connectivity index (χ0) is 21.6. The molecule has 0 aliphatic heterocycles. The lowest BCUT2D eigenvalue weighted by Gasteiger charge is -2.33. The van der Waals surface area contributed by atoms with Gasteiger partial charge in [-0.05, 0) is 50.5 Å². The summed E-state index contributed by atoms with van der Waals surface area (Å²) in [5.74, 6) is -0.353. The molecule has 0 fully saturated rings. The van der Waals surface area contributed by atoms with Gasteiger partial charge in [-0.2, -0.15) is 0 Å². The molecule has 0 aliphatic carbocycles. The van der Waals surface area contributed by atoms with Gasteiger partial charge < -0.3 is 10.2 Å². The number of benzene rings is 2. The van der Waals surface area contributed by atoms with Crippen LogP contribution >= 0.6 is 23.2 Å². The number of carbonyl (C=O) groups excluding carboxylic acids is 2. The van der Waals surface area contributed by atoms with Crippen molar-refractivity contribution in [2.45, 2.75) is 58.7 Å². The molecule has 4 nitrogen and oxygen atoms in total. The van der Waals surface area contributed by atoms with Crippen LogP contribution in [0.15, 0.2) is 48.5 Å². The molecule has 0 spiro atoms. The lowest BCUT2D eigenvalue weighted by molar-refractivity contribution is -0.141. The summed E-state index contributed by atoms with van der Waals surface area (Å²) < 4.78 is 0. The van der Waals surface area contributed by atoms with Gasteiger partial charge in [0.25, 0.3) is 0 Å². The largest absolute Gasteiger partial charge is 0.350 e. The van der Waals surface area contributed by atoms with Crippen LogP contribution in [0.4, 0.5) is 0 Å². The van der Waals surface area contributed by atoms with Crippen molar-refractivity contribution in [1.82, 2.24) is 10.2 Å². The topological polar surface area (TPSA) is 49.4 Å². The van der Waals surface area contributed by atoms with E-state index < -0.39 is 11.6 Å². The highest BCUT2D eigenvalue weighted by Crippen LogP contribution is 2.22. The Balaban J connectivity index is 2.35. The van der Waals surface area contributed by atoms with Gasteiger partial charge in [0, 0.05) is 22.1 Å². The Bertz CT molecular complexity index is 862. The standard InChI is InChI=1S/C23H28Cl2N2O2/c1-5-20(22(29)26-23(2,3)4)27(15-17-11-7-9-13-19(17)25)21(28)14-16-10-6-8-12-18(16)24/h6-13,20H,5,14-15H2,1-4H3,(H,26,29). The second-order valence-corrected chi connectivity index (χ2v) is 8.86. The molecule has 2 aromatic carbocycles. The van der Waals surface area contributed by atoms with E-state index >= 15 is 0 Å². The van der Waals surface area contributed by atoms with Crippen molar-refractivity contribution in [3.8, 4) is 0 Å². The average Bonchev–Trinajstić information content (AvgIpc) is 2.63. The Hall–Kier alpha value is -2.04. The summed E-state index contributed by atoms with van der Waals surface area (Å²) in [6.07, 6.45) is 0.601. The van der Waals surface area contributed by atoms with Crippen LogP contribution in [0.5, 0.6) is 0 Å². The molecule has 2 rings (SSSR count). The summed E-state index contributed by atoms with van der Waals surface area (Å²) in [6, 6.07) is 14.0. The summed E-state index contributed by atoms with van der Waals surface area (Å²) in [5, 5.41) is 4.09. The summed E-state index contributed by atoms with van der Waals surface area (Å²) in [6.45, 7) is 7.90. The Labute approximate surface area is 183 Å². The molecule has 156 valence electrons. The number of amides is 2. The number of nitrogens with one attached hydrogen (secondary N) is 1. The first-order valence-electron chi connectivity index (χ1n) is 9.70. The first-order chi connectivity index (χ1) is 13.6. The molecule has 2 amide bonds. The molecule has 29 heavy (non-hydrogen) atoms. The van der Waals surface area contributed by atoms with Crippen LogP contribution in [0.3, 0.4) is 0 Å². The maximum Gasteiger partial charge on any atom is 0.243 e. The van der Waals surface area contributed by atoms with E-state index in [1.807, 2.05) is 64.1 Å². The predicted molar refractivity (Wildman–Crippen MR) is 119 cm³/mol. The monoisotopic (exact) mass is 434 g/mol. The average molecular weight is 435 g/mol. The van der Waals surface area contributed by atoms with Crippen molar-refractivity contribution in [3.63, 3.8) is 0 Å². The van der Waals surface area contributed by atoms with E-state index in [0.717, 1.165) is 11.1 Å². The Morgan fingerprint density at radius 2 is 1.48 bits per heavy atom.